The molecular weight excluding hydrogens is 467 g/mol. The zero-order valence-corrected chi connectivity index (χ0v) is 21.1. The molecule has 32 heavy (non-hydrogen) atoms. The monoisotopic (exact) mass is 500 g/mol. The molecule has 2 N–H and O–H groups in total. The molecule has 0 aromatic heterocycles. The normalized spacial score (nSPS) is 21.8. The second-order valence-corrected chi connectivity index (χ2v) is 9.73. The maximum atomic E-state index is 11.4. The number of nitrogens with zero attached hydrogens (tertiary/aromatic N) is 2. The predicted octanol–water partition coefficient (Wildman–Crippen LogP) is 4.09. The Bertz CT molecular complexity index is 766. The highest BCUT2D eigenvalue weighted by molar-refractivity contribution is 7.80. The van der Waals surface area contributed by atoms with Gasteiger partial charge in [-0.05, 0) is 75.8 Å². The Labute approximate surface area is 206 Å². The number of rotatable bonds is 8. The highest BCUT2D eigenvalue weighted by Gasteiger charge is 2.24. The first kappa shape index (κ1) is 25.3. The van der Waals surface area contributed by atoms with Crippen LogP contribution in [0.1, 0.15) is 39.0 Å². The van der Waals surface area contributed by atoms with Crippen LogP contribution in [0.2, 0.25) is 10.0 Å². The summed E-state index contributed by atoms with van der Waals surface area (Å²) < 4.78 is 4.90. The van der Waals surface area contributed by atoms with E-state index in [1.165, 1.54) is 19.3 Å². The van der Waals surface area contributed by atoms with E-state index in [0.717, 1.165) is 57.2 Å². The van der Waals surface area contributed by atoms with Gasteiger partial charge in [0.25, 0.3) is 0 Å². The Kier molecular flexibility index (Phi) is 10.2. The average molecular weight is 502 g/mol. The van der Waals surface area contributed by atoms with Crippen LogP contribution in [0.15, 0.2) is 18.2 Å². The highest BCUT2D eigenvalue weighted by Crippen LogP contribution is 2.33. The van der Waals surface area contributed by atoms with Crippen molar-refractivity contribution in [1.82, 2.24) is 15.5 Å². The molecule has 0 atom stereocenters. The van der Waals surface area contributed by atoms with Gasteiger partial charge in [-0.15, -0.1) is 0 Å². The number of hydrogen-bond donors (Lipinski definition) is 2. The molecule has 0 spiro atoms. The zero-order chi connectivity index (χ0) is 22.9. The van der Waals surface area contributed by atoms with Crippen molar-refractivity contribution in [2.75, 3.05) is 50.8 Å². The molecule has 0 unspecified atom stereocenters. The minimum absolute atomic E-state index is 0.117. The second kappa shape index (κ2) is 12.8. The van der Waals surface area contributed by atoms with Crippen LogP contribution in [0.4, 0.5) is 5.69 Å². The topological polar surface area (TPSA) is 56.8 Å². The number of nitrogens with one attached hydrogen (secondary N) is 2. The number of thiocarbonyl (C=S) groups is 1. The summed E-state index contributed by atoms with van der Waals surface area (Å²) in [6.45, 7) is 7.52. The number of piperazine rings is 1. The average Bonchev–Trinajstić information content (AvgIpc) is 2.80. The molecule has 1 aromatic carbocycles. The largest absolute Gasteiger partial charge is 0.465 e. The Balaban J connectivity index is 1.30. The van der Waals surface area contributed by atoms with Gasteiger partial charge < -0.3 is 20.3 Å². The number of halogens is 2. The van der Waals surface area contributed by atoms with Crippen molar-refractivity contribution in [3.63, 3.8) is 0 Å². The zero-order valence-electron chi connectivity index (χ0n) is 18.7. The van der Waals surface area contributed by atoms with Gasteiger partial charge in [0.15, 0.2) is 5.11 Å². The van der Waals surface area contributed by atoms with Gasteiger partial charge in [-0.25, -0.2) is 0 Å². The van der Waals surface area contributed by atoms with Crippen LogP contribution >= 0.6 is 35.4 Å². The molecule has 1 saturated heterocycles. The van der Waals surface area contributed by atoms with Crippen molar-refractivity contribution in [2.24, 2.45) is 5.92 Å². The number of benzene rings is 1. The number of ether oxygens (including phenoxy) is 1. The number of anilines is 1. The maximum Gasteiger partial charge on any atom is 0.325 e. The van der Waals surface area contributed by atoms with E-state index >= 15 is 0 Å². The summed E-state index contributed by atoms with van der Waals surface area (Å²) in [7, 11) is 0. The van der Waals surface area contributed by atoms with Crippen LogP contribution in [-0.4, -0.2) is 67.9 Å². The van der Waals surface area contributed by atoms with Crippen LogP contribution in [0, 0.1) is 5.92 Å². The molecule has 6 nitrogen and oxygen atoms in total. The van der Waals surface area contributed by atoms with Crippen LogP contribution in [-0.2, 0) is 9.53 Å². The van der Waals surface area contributed by atoms with Gasteiger partial charge in [-0.3, -0.25) is 9.69 Å². The smallest absolute Gasteiger partial charge is 0.325 e. The quantitative estimate of drug-likeness (QED) is 0.411. The minimum atomic E-state index is -0.281. The Morgan fingerprint density at radius 1 is 1.16 bits per heavy atom. The van der Waals surface area contributed by atoms with Gasteiger partial charge in [-0.2, -0.15) is 0 Å². The van der Waals surface area contributed by atoms with E-state index in [1.807, 2.05) is 18.2 Å². The van der Waals surface area contributed by atoms with E-state index in [9.17, 15) is 4.79 Å². The van der Waals surface area contributed by atoms with Gasteiger partial charge in [0.1, 0.15) is 6.54 Å². The summed E-state index contributed by atoms with van der Waals surface area (Å²) in [6, 6.07) is 6.24. The molecule has 178 valence electrons. The number of carbonyl (C=O) groups excluding carboxylic acids is 1. The predicted molar refractivity (Wildman–Crippen MR) is 136 cm³/mol. The van der Waals surface area contributed by atoms with Gasteiger partial charge >= 0.3 is 5.97 Å². The summed E-state index contributed by atoms with van der Waals surface area (Å²) in [5.41, 5.74) is 1.04. The van der Waals surface area contributed by atoms with Gasteiger partial charge in [0.05, 0.1) is 22.3 Å². The van der Waals surface area contributed by atoms with E-state index in [0.29, 0.717) is 27.8 Å². The van der Waals surface area contributed by atoms with E-state index in [1.54, 1.807) is 6.92 Å². The molecule has 1 aromatic rings. The van der Waals surface area contributed by atoms with E-state index in [-0.39, 0.29) is 12.5 Å². The molecule has 0 bridgehead atoms. The van der Waals surface area contributed by atoms with Crippen LogP contribution in [0.5, 0.6) is 0 Å². The Hall–Kier alpha value is -1.28. The first-order valence-corrected chi connectivity index (χ1v) is 12.7. The SMILES string of the molecule is CCOC(=O)CNC(=S)NC1CCC(CCN2CCN(c3cccc(Cl)c3Cl)CC2)CC1. The summed E-state index contributed by atoms with van der Waals surface area (Å²) in [5.74, 6) is 0.492. The lowest BCUT2D eigenvalue weighted by molar-refractivity contribution is -0.141. The van der Waals surface area contributed by atoms with Crippen molar-refractivity contribution in [1.29, 1.82) is 0 Å². The highest BCUT2D eigenvalue weighted by atomic mass is 35.5. The lowest BCUT2D eigenvalue weighted by atomic mass is 9.84. The van der Waals surface area contributed by atoms with E-state index in [4.69, 9.17) is 40.2 Å². The Morgan fingerprint density at radius 3 is 2.56 bits per heavy atom. The third kappa shape index (κ3) is 7.65. The fraction of sp³-hybridized carbons (Fsp3) is 0.652. The minimum Gasteiger partial charge on any atom is -0.465 e. The van der Waals surface area contributed by atoms with Crippen molar-refractivity contribution in [3.8, 4) is 0 Å². The van der Waals surface area contributed by atoms with E-state index < -0.39 is 0 Å². The molecule has 1 heterocycles. The lowest BCUT2D eigenvalue weighted by Gasteiger charge is -2.37. The number of esters is 1. The third-order valence-electron chi connectivity index (χ3n) is 6.38. The lowest BCUT2D eigenvalue weighted by Crippen LogP contribution is -2.47. The fourth-order valence-electron chi connectivity index (χ4n) is 4.51. The van der Waals surface area contributed by atoms with Crippen molar-refractivity contribution in [3.05, 3.63) is 28.2 Å². The van der Waals surface area contributed by atoms with Crippen molar-refractivity contribution < 1.29 is 9.53 Å². The van der Waals surface area contributed by atoms with Crippen LogP contribution in [0.25, 0.3) is 0 Å². The molecule has 0 radical (unpaired) electrons. The molecule has 1 aliphatic heterocycles. The summed E-state index contributed by atoms with van der Waals surface area (Å²) in [6.07, 6.45) is 5.92. The van der Waals surface area contributed by atoms with Crippen molar-refractivity contribution in [2.45, 2.75) is 45.1 Å². The van der Waals surface area contributed by atoms with Gasteiger partial charge in [0.2, 0.25) is 0 Å². The van der Waals surface area contributed by atoms with Gasteiger partial charge in [-0.1, -0.05) is 29.3 Å². The van der Waals surface area contributed by atoms with Crippen molar-refractivity contribution >= 4 is 52.2 Å². The third-order valence-corrected chi connectivity index (χ3v) is 7.45. The first-order valence-electron chi connectivity index (χ1n) is 11.6. The molecule has 3 rings (SSSR count). The molecule has 0 amide bonds. The standard InChI is InChI=1S/C23H34Cl2N4O2S/c1-2-31-21(30)16-26-23(32)27-18-8-6-17(7-9-18)10-11-28-12-14-29(15-13-28)20-5-3-4-19(24)22(20)25/h3-5,17-18H,2,6-16H2,1H3,(H2,26,27,32). The number of hydrogen-bond acceptors (Lipinski definition) is 5. The summed E-state index contributed by atoms with van der Waals surface area (Å²) in [4.78, 5) is 16.3. The Morgan fingerprint density at radius 2 is 1.88 bits per heavy atom. The summed E-state index contributed by atoms with van der Waals surface area (Å²) in [5, 5.41) is 8.10. The maximum absolute atomic E-state index is 11.4. The summed E-state index contributed by atoms with van der Waals surface area (Å²) >= 11 is 17.9. The molecule has 2 fully saturated rings. The second-order valence-electron chi connectivity index (χ2n) is 8.54. The number of carbonyl (C=O) groups is 1. The molecule has 2 aliphatic rings. The van der Waals surface area contributed by atoms with E-state index in [2.05, 4.69) is 20.4 Å². The van der Waals surface area contributed by atoms with Crippen LogP contribution < -0.4 is 15.5 Å². The molecular formula is C23H34Cl2N4O2S. The first-order chi connectivity index (χ1) is 15.5. The molecule has 1 aliphatic carbocycles. The molecule has 9 heteroatoms. The van der Waals surface area contributed by atoms with Crippen LogP contribution in [0.3, 0.4) is 0 Å². The van der Waals surface area contributed by atoms with Gasteiger partial charge in [0, 0.05) is 32.2 Å². The molecule has 1 saturated carbocycles. The fourth-order valence-corrected chi connectivity index (χ4v) is 5.16.